The van der Waals surface area contributed by atoms with Gasteiger partial charge >= 0.3 is 5.97 Å². The molecule has 0 aliphatic heterocycles. The van der Waals surface area contributed by atoms with E-state index in [1.807, 2.05) is 6.92 Å². The van der Waals surface area contributed by atoms with Gasteiger partial charge in [0.1, 0.15) is 11.9 Å². The summed E-state index contributed by atoms with van der Waals surface area (Å²) in [4.78, 5) is 11.1. The van der Waals surface area contributed by atoms with Gasteiger partial charge in [-0.15, -0.1) is 0 Å². The maximum atomic E-state index is 12.8. The average molecular weight is 237 g/mol. The molecular formula is C13H16FNO2. The second kappa shape index (κ2) is 4.84. The summed E-state index contributed by atoms with van der Waals surface area (Å²) in [7, 11) is 0. The second-order valence-electron chi connectivity index (χ2n) is 4.59. The second-order valence-corrected chi connectivity index (χ2v) is 4.59. The molecule has 17 heavy (non-hydrogen) atoms. The van der Waals surface area contributed by atoms with E-state index in [1.54, 1.807) is 12.1 Å². The van der Waals surface area contributed by atoms with Crippen molar-refractivity contribution < 1.29 is 14.3 Å². The first-order valence-electron chi connectivity index (χ1n) is 5.82. The molecule has 0 aromatic heterocycles. The van der Waals surface area contributed by atoms with Crippen LogP contribution >= 0.6 is 0 Å². The summed E-state index contributed by atoms with van der Waals surface area (Å²) in [6, 6.07) is 5.56. The van der Waals surface area contributed by atoms with Gasteiger partial charge in [-0.1, -0.05) is 12.1 Å². The van der Waals surface area contributed by atoms with Gasteiger partial charge in [0.05, 0.1) is 0 Å². The van der Waals surface area contributed by atoms with Crippen LogP contribution in [0.2, 0.25) is 0 Å². The van der Waals surface area contributed by atoms with E-state index in [2.05, 4.69) is 5.32 Å². The number of benzene rings is 1. The highest BCUT2D eigenvalue weighted by Gasteiger charge is 2.36. The SMILES string of the molecule is C[C@@H](NC(C(=O)O)C1CC1)c1ccc(F)cc1. The summed E-state index contributed by atoms with van der Waals surface area (Å²) >= 11 is 0. The van der Waals surface area contributed by atoms with Crippen molar-refractivity contribution in [2.45, 2.75) is 31.8 Å². The predicted molar refractivity (Wildman–Crippen MR) is 62.1 cm³/mol. The molecule has 0 amide bonds. The lowest BCUT2D eigenvalue weighted by atomic mass is 10.1. The van der Waals surface area contributed by atoms with Gasteiger partial charge in [0.15, 0.2) is 0 Å². The largest absolute Gasteiger partial charge is 0.480 e. The normalized spacial score (nSPS) is 18.7. The Morgan fingerprint density at radius 3 is 2.47 bits per heavy atom. The van der Waals surface area contributed by atoms with Crippen LogP contribution < -0.4 is 5.32 Å². The average Bonchev–Trinajstić information content (AvgIpc) is 3.10. The van der Waals surface area contributed by atoms with Gasteiger partial charge in [0.2, 0.25) is 0 Å². The van der Waals surface area contributed by atoms with E-state index in [-0.39, 0.29) is 17.8 Å². The monoisotopic (exact) mass is 237 g/mol. The van der Waals surface area contributed by atoms with E-state index in [0.29, 0.717) is 0 Å². The fourth-order valence-electron chi connectivity index (χ4n) is 1.96. The molecule has 4 heteroatoms. The highest BCUT2D eigenvalue weighted by molar-refractivity contribution is 5.74. The quantitative estimate of drug-likeness (QED) is 0.826. The summed E-state index contributed by atoms with van der Waals surface area (Å²) < 4.78 is 12.8. The Kier molecular flexibility index (Phi) is 3.43. The van der Waals surface area contributed by atoms with Crippen molar-refractivity contribution in [2.75, 3.05) is 0 Å². The maximum Gasteiger partial charge on any atom is 0.320 e. The van der Waals surface area contributed by atoms with Crippen molar-refractivity contribution in [1.82, 2.24) is 5.32 Å². The molecule has 1 aromatic rings. The van der Waals surface area contributed by atoms with Crippen LogP contribution in [0.25, 0.3) is 0 Å². The first-order valence-corrected chi connectivity index (χ1v) is 5.82. The zero-order valence-corrected chi connectivity index (χ0v) is 9.69. The zero-order valence-electron chi connectivity index (χ0n) is 9.69. The molecule has 1 aliphatic carbocycles. The molecule has 92 valence electrons. The highest BCUT2D eigenvalue weighted by atomic mass is 19.1. The van der Waals surface area contributed by atoms with Crippen molar-refractivity contribution in [2.24, 2.45) is 5.92 Å². The van der Waals surface area contributed by atoms with Crippen LogP contribution in [0.1, 0.15) is 31.4 Å². The third-order valence-corrected chi connectivity index (χ3v) is 3.16. The Labute approximate surface area is 99.7 Å². The Balaban J connectivity index is 2.01. The van der Waals surface area contributed by atoms with Crippen molar-refractivity contribution in [3.63, 3.8) is 0 Å². The van der Waals surface area contributed by atoms with Gasteiger partial charge in [-0.25, -0.2) is 4.39 Å². The molecule has 2 atom stereocenters. The third-order valence-electron chi connectivity index (χ3n) is 3.16. The summed E-state index contributed by atoms with van der Waals surface area (Å²) in [5.74, 6) is -0.838. The van der Waals surface area contributed by atoms with E-state index in [0.717, 1.165) is 18.4 Å². The minimum absolute atomic E-state index is 0.0858. The maximum absolute atomic E-state index is 12.8. The highest BCUT2D eigenvalue weighted by Crippen LogP contribution is 2.33. The lowest BCUT2D eigenvalue weighted by Crippen LogP contribution is -2.40. The van der Waals surface area contributed by atoms with Crippen molar-refractivity contribution in [3.8, 4) is 0 Å². The van der Waals surface area contributed by atoms with Gasteiger partial charge in [-0.2, -0.15) is 0 Å². The molecule has 3 nitrogen and oxygen atoms in total. The van der Waals surface area contributed by atoms with Gasteiger partial charge in [0.25, 0.3) is 0 Å². The standard InChI is InChI=1S/C13H16FNO2/c1-8(9-4-6-11(14)7-5-9)15-12(13(16)17)10-2-3-10/h4-8,10,12,15H,2-3H2,1H3,(H,16,17)/t8-,12?/m1/s1. The molecule has 1 saturated carbocycles. The Bertz CT molecular complexity index is 400. The van der Waals surface area contributed by atoms with Gasteiger partial charge in [-0.05, 0) is 43.4 Å². The predicted octanol–water partition coefficient (Wildman–Crippen LogP) is 2.34. The van der Waals surface area contributed by atoms with Crippen LogP contribution in [-0.2, 0) is 4.79 Å². The van der Waals surface area contributed by atoms with Gasteiger partial charge < -0.3 is 5.11 Å². The molecule has 0 spiro atoms. The molecule has 0 heterocycles. The van der Waals surface area contributed by atoms with Crippen molar-refractivity contribution in [1.29, 1.82) is 0 Å². The summed E-state index contributed by atoms with van der Waals surface area (Å²) in [6.07, 6.45) is 1.94. The number of carboxylic acid groups (broad SMARTS) is 1. The van der Waals surface area contributed by atoms with E-state index in [4.69, 9.17) is 5.11 Å². The number of halogens is 1. The van der Waals surface area contributed by atoms with Crippen LogP contribution in [0, 0.1) is 11.7 Å². The third kappa shape index (κ3) is 3.03. The molecule has 2 N–H and O–H groups in total. The molecule has 1 aliphatic rings. The Hall–Kier alpha value is -1.42. The smallest absolute Gasteiger partial charge is 0.320 e. The summed E-state index contributed by atoms with van der Waals surface area (Å²) in [5, 5.41) is 12.2. The molecule has 0 bridgehead atoms. The topological polar surface area (TPSA) is 49.3 Å². The first kappa shape index (κ1) is 12.0. The van der Waals surface area contributed by atoms with E-state index < -0.39 is 12.0 Å². The minimum atomic E-state index is -0.804. The number of nitrogens with one attached hydrogen (secondary N) is 1. The molecular weight excluding hydrogens is 221 g/mol. The molecule has 1 aromatic carbocycles. The van der Waals surface area contributed by atoms with Crippen LogP contribution in [0.5, 0.6) is 0 Å². The number of carboxylic acids is 1. The Morgan fingerprint density at radius 1 is 1.41 bits per heavy atom. The van der Waals surface area contributed by atoms with Gasteiger partial charge in [-0.3, -0.25) is 10.1 Å². The van der Waals surface area contributed by atoms with Crippen molar-refractivity contribution >= 4 is 5.97 Å². The molecule has 2 rings (SSSR count). The summed E-state index contributed by atoms with van der Waals surface area (Å²) in [6.45, 7) is 1.89. The van der Waals surface area contributed by atoms with E-state index in [1.165, 1.54) is 12.1 Å². The number of aliphatic carboxylic acids is 1. The van der Waals surface area contributed by atoms with E-state index in [9.17, 15) is 9.18 Å². The molecule has 0 radical (unpaired) electrons. The van der Waals surface area contributed by atoms with Crippen LogP contribution in [-0.4, -0.2) is 17.1 Å². The van der Waals surface area contributed by atoms with E-state index >= 15 is 0 Å². The number of rotatable bonds is 5. The number of hydrogen-bond acceptors (Lipinski definition) is 2. The number of hydrogen-bond donors (Lipinski definition) is 2. The van der Waals surface area contributed by atoms with Crippen LogP contribution in [0.3, 0.4) is 0 Å². The fourth-order valence-corrected chi connectivity index (χ4v) is 1.96. The lowest BCUT2D eigenvalue weighted by Gasteiger charge is -2.20. The Morgan fingerprint density at radius 2 is 2.00 bits per heavy atom. The minimum Gasteiger partial charge on any atom is -0.480 e. The van der Waals surface area contributed by atoms with Crippen molar-refractivity contribution in [3.05, 3.63) is 35.6 Å². The van der Waals surface area contributed by atoms with Gasteiger partial charge in [0, 0.05) is 6.04 Å². The summed E-state index contributed by atoms with van der Waals surface area (Å²) in [5.41, 5.74) is 0.901. The number of carbonyl (C=O) groups is 1. The first-order chi connectivity index (χ1) is 8.08. The molecule has 1 unspecified atom stereocenters. The zero-order chi connectivity index (χ0) is 12.4. The van der Waals surface area contributed by atoms with Crippen LogP contribution in [0.15, 0.2) is 24.3 Å². The fraction of sp³-hybridized carbons (Fsp3) is 0.462. The molecule has 1 fully saturated rings. The molecule has 0 saturated heterocycles. The van der Waals surface area contributed by atoms with Crippen LogP contribution in [0.4, 0.5) is 4.39 Å². The lowest BCUT2D eigenvalue weighted by molar-refractivity contribution is -0.140.